The van der Waals surface area contributed by atoms with E-state index in [1.807, 2.05) is 67.0 Å². The number of rotatable bonds is 2. The number of pyridine rings is 2. The summed E-state index contributed by atoms with van der Waals surface area (Å²) >= 11 is 1.79. The predicted octanol–water partition coefficient (Wildman–Crippen LogP) is 11.8. The number of nitriles is 2. The number of para-hydroxylation sites is 1. The van der Waals surface area contributed by atoms with Crippen LogP contribution in [0.2, 0.25) is 0 Å². The lowest BCUT2D eigenvalue weighted by molar-refractivity contribution is 0.716. The van der Waals surface area contributed by atoms with Gasteiger partial charge in [-0.2, -0.15) is 10.5 Å². The largest absolute Gasteiger partial charge is 0.308 e. The Balaban J connectivity index is 1.19. The van der Waals surface area contributed by atoms with Gasteiger partial charge in [-0.15, -0.1) is 0 Å². The second-order valence-corrected chi connectivity index (χ2v) is 15.7. The minimum absolute atomic E-state index is 0.556. The monoisotopic (exact) mass is 755 g/mol. The highest BCUT2D eigenvalue weighted by molar-refractivity contribution is 7.99. The Bertz CT molecular complexity index is 3540. The molecule has 266 valence electrons. The predicted molar refractivity (Wildman–Crippen MR) is 228 cm³/mol. The zero-order valence-electron chi connectivity index (χ0n) is 30.5. The lowest BCUT2D eigenvalue weighted by Gasteiger charge is -2.40. The molecule has 12 rings (SSSR count). The number of aromatic nitrogens is 4. The van der Waals surface area contributed by atoms with Gasteiger partial charge in [-0.05, 0) is 101 Å². The minimum atomic E-state index is -0.772. The number of benzene rings is 6. The molecule has 8 heteroatoms. The SMILES string of the molecule is [C-]#[N+]c1ccc2c(c1)c1ccccc1n2-c1cccc2c1Sc1ccccc1C21c2cccnc2-c2ncc(-n3c4ccc(C#N)cc4c4cc(C#N)ccc43)cc21. The summed E-state index contributed by atoms with van der Waals surface area (Å²) in [6.07, 6.45) is 3.77. The van der Waals surface area contributed by atoms with Crippen LogP contribution in [-0.2, 0) is 5.41 Å². The fourth-order valence-corrected chi connectivity index (χ4v) is 10.9. The molecule has 1 unspecified atom stereocenters. The van der Waals surface area contributed by atoms with E-state index in [0.717, 1.165) is 92.9 Å². The molecule has 10 aromatic rings. The van der Waals surface area contributed by atoms with Gasteiger partial charge < -0.3 is 9.13 Å². The maximum Gasteiger partial charge on any atom is 0.188 e. The molecule has 5 heterocycles. The molecule has 2 aliphatic rings. The summed E-state index contributed by atoms with van der Waals surface area (Å²) in [6.45, 7) is 7.76. The van der Waals surface area contributed by atoms with Crippen molar-refractivity contribution in [3.05, 3.63) is 197 Å². The van der Waals surface area contributed by atoms with Crippen LogP contribution in [0.15, 0.2) is 162 Å². The van der Waals surface area contributed by atoms with Gasteiger partial charge in [0, 0.05) is 37.7 Å². The van der Waals surface area contributed by atoms with E-state index in [0.29, 0.717) is 16.8 Å². The molecule has 0 amide bonds. The van der Waals surface area contributed by atoms with Crippen LogP contribution in [0.4, 0.5) is 5.69 Å². The first-order valence-electron chi connectivity index (χ1n) is 18.8. The molecule has 0 saturated heterocycles. The van der Waals surface area contributed by atoms with E-state index in [2.05, 4.69) is 111 Å². The Kier molecular flexibility index (Phi) is 6.56. The summed E-state index contributed by atoms with van der Waals surface area (Å²) in [6, 6.07) is 52.3. The maximum absolute atomic E-state index is 9.85. The van der Waals surface area contributed by atoms with Crippen LogP contribution < -0.4 is 0 Å². The Morgan fingerprint density at radius 1 is 0.569 bits per heavy atom. The summed E-state index contributed by atoms with van der Waals surface area (Å²) < 4.78 is 4.55. The molecule has 4 aromatic heterocycles. The Morgan fingerprint density at radius 2 is 1.22 bits per heavy atom. The van der Waals surface area contributed by atoms with E-state index in [4.69, 9.17) is 16.5 Å². The van der Waals surface area contributed by atoms with E-state index in [1.54, 1.807) is 11.8 Å². The fraction of sp³-hybridized carbons (Fsp3) is 0.0200. The van der Waals surface area contributed by atoms with Crippen molar-refractivity contribution in [1.82, 2.24) is 19.1 Å². The second kappa shape index (κ2) is 11.8. The number of nitrogens with zero attached hydrogens (tertiary/aromatic N) is 7. The topological polar surface area (TPSA) is 87.6 Å². The number of fused-ring (bicyclic) bond motifs is 15. The quantitative estimate of drug-likeness (QED) is 0.164. The molecule has 0 N–H and O–H groups in total. The van der Waals surface area contributed by atoms with Crippen molar-refractivity contribution in [2.45, 2.75) is 15.2 Å². The van der Waals surface area contributed by atoms with Crippen LogP contribution in [0.3, 0.4) is 0 Å². The van der Waals surface area contributed by atoms with Crippen molar-refractivity contribution < 1.29 is 0 Å². The molecule has 58 heavy (non-hydrogen) atoms. The molecule has 1 atom stereocenters. The van der Waals surface area contributed by atoms with E-state index < -0.39 is 5.41 Å². The Morgan fingerprint density at radius 3 is 2.02 bits per heavy atom. The fourth-order valence-electron chi connectivity index (χ4n) is 9.63. The van der Waals surface area contributed by atoms with Crippen LogP contribution in [0.25, 0.3) is 71.2 Å². The Labute approximate surface area is 336 Å². The smallest absolute Gasteiger partial charge is 0.188 e. The van der Waals surface area contributed by atoms with E-state index >= 15 is 0 Å². The van der Waals surface area contributed by atoms with Gasteiger partial charge in [0.05, 0.1) is 86.3 Å². The highest BCUT2D eigenvalue weighted by Gasteiger charge is 2.52. The van der Waals surface area contributed by atoms with E-state index in [1.165, 1.54) is 5.56 Å². The average molecular weight is 756 g/mol. The normalized spacial score (nSPS) is 14.8. The van der Waals surface area contributed by atoms with Crippen LogP contribution >= 0.6 is 11.8 Å². The van der Waals surface area contributed by atoms with Gasteiger partial charge in [-0.3, -0.25) is 9.97 Å². The van der Waals surface area contributed by atoms with Crippen molar-refractivity contribution in [3.8, 4) is 34.9 Å². The van der Waals surface area contributed by atoms with Crippen LogP contribution in [-0.4, -0.2) is 19.1 Å². The van der Waals surface area contributed by atoms with Crippen LogP contribution in [0.5, 0.6) is 0 Å². The van der Waals surface area contributed by atoms with Gasteiger partial charge in [0.1, 0.15) is 0 Å². The first-order valence-corrected chi connectivity index (χ1v) is 19.6. The van der Waals surface area contributed by atoms with Gasteiger partial charge in [-0.25, -0.2) is 4.85 Å². The minimum Gasteiger partial charge on any atom is -0.308 e. The van der Waals surface area contributed by atoms with Crippen molar-refractivity contribution in [2.75, 3.05) is 0 Å². The third kappa shape index (κ3) is 4.10. The summed E-state index contributed by atoms with van der Waals surface area (Å²) in [5.41, 5.74) is 12.9. The zero-order chi connectivity index (χ0) is 38.7. The molecule has 0 radical (unpaired) electrons. The third-order valence-corrected chi connectivity index (χ3v) is 13.1. The summed E-state index contributed by atoms with van der Waals surface area (Å²) in [5, 5.41) is 23.6. The van der Waals surface area contributed by atoms with E-state index in [-0.39, 0.29) is 0 Å². The van der Waals surface area contributed by atoms with Crippen molar-refractivity contribution in [3.63, 3.8) is 0 Å². The van der Waals surface area contributed by atoms with Gasteiger partial charge in [0.25, 0.3) is 0 Å². The maximum atomic E-state index is 9.85. The van der Waals surface area contributed by atoms with Crippen molar-refractivity contribution in [1.29, 1.82) is 10.5 Å². The number of hydrogen-bond donors (Lipinski definition) is 0. The van der Waals surface area contributed by atoms with Gasteiger partial charge in [0.15, 0.2) is 5.69 Å². The molecule has 6 aromatic carbocycles. The number of hydrogen-bond acceptors (Lipinski definition) is 5. The molecule has 0 saturated carbocycles. The first-order chi connectivity index (χ1) is 28.6. The second-order valence-electron chi connectivity index (χ2n) is 14.7. The zero-order valence-corrected chi connectivity index (χ0v) is 31.3. The molecular formula is C50H25N7S. The highest BCUT2D eigenvalue weighted by Crippen LogP contribution is 2.62. The average Bonchev–Trinajstić information content (AvgIpc) is 3.89. The molecule has 0 fully saturated rings. The Hall–Kier alpha value is -7.96. The molecule has 7 nitrogen and oxygen atoms in total. The van der Waals surface area contributed by atoms with Gasteiger partial charge in [-0.1, -0.05) is 72.4 Å². The highest BCUT2D eigenvalue weighted by atomic mass is 32.2. The van der Waals surface area contributed by atoms with Crippen molar-refractivity contribution >= 4 is 61.1 Å². The molecule has 1 aliphatic heterocycles. The molecule has 0 bridgehead atoms. The lowest BCUT2D eigenvalue weighted by Crippen LogP contribution is -2.32. The van der Waals surface area contributed by atoms with E-state index in [9.17, 15) is 10.5 Å². The standard InChI is InChI=1S/C50H25N7S/c1-53-31-17-20-44-36(24-31)33-8-2-4-12-41(33)57(44)45-13-6-10-39-49(45)58-46-14-5-3-9-37(46)50(39)38-11-7-21-54-47(38)48-40(50)25-32(28-55-48)56-42-18-15-29(26-51)22-34(42)35-23-30(27-52)16-19-43(35)56/h2-25,28H. The lowest BCUT2D eigenvalue weighted by atomic mass is 9.67. The van der Waals surface area contributed by atoms with Crippen molar-refractivity contribution in [2.24, 2.45) is 0 Å². The van der Waals surface area contributed by atoms with Gasteiger partial charge >= 0.3 is 0 Å². The van der Waals surface area contributed by atoms with Crippen LogP contribution in [0.1, 0.15) is 33.4 Å². The first kappa shape index (κ1) is 32.3. The summed E-state index contributed by atoms with van der Waals surface area (Å²) in [5.74, 6) is 0. The molecule has 1 spiro atoms. The molecular weight excluding hydrogens is 731 g/mol. The molecule has 1 aliphatic carbocycles. The summed E-state index contributed by atoms with van der Waals surface area (Å²) in [7, 11) is 0. The van der Waals surface area contributed by atoms with Crippen LogP contribution in [0, 0.1) is 29.2 Å². The third-order valence-electron chi connectivity index (χ3n) is 11.9. The van der Waals surface area contributed by atoms with Gasteiger partial charge in [0.2, 0.25) is 0 Å². The summed E-state index contributed by atoms with van der Waals surface area (Å²) in [4.78, 5) is 16.4.